The van der Waals surface area contributed by atoms with E-state index in [1.165, 1.54) is 57.8 Å². The van der Waals surface area contributed by atoms with E-state index >= 15 is 0 Å². The van der Waals surface area contributed by atoms with Gasteiger partial charge in [0.1, 0.15) is 0 Å². The predicted octanol–water partition coefficient (Wildman–Crippen LogP) is 3.73. The SMILES string of the molecule is COC[C]1CCCCCCCCC1. The summed E-state index contributed by atoms with van der Waals surface area (Å²) in [5.74, 6) is 1.64. The molecule has 1 aliphatic carbocycles. The van der Waals surface area contributed by atoms with Gasteiger partial charge in [-0.3, -0.25) is 0 Å². The highest BCUT2D eigenvalue weighted by atomic mass is 16.5. The molecule has 0 amide bonds. The van der Waals surface area contributed by atoms with Crippen LogP contribution in [0.4, 0.5) is 0 Å². The molecule has 77 valence electrons. The van der Waals surface area contributed by atoms with Gasteiger partial charge >= 0.3 is 0 Å². The van der Waals surface area contributed by atoms with E-state index in [0.29, 0.717) is 0 Å². The highest BCUT2D eigenvalue weighted by Crippen LogP contribution is 2.22. The maximum Gasteiger partial charge on any atom is 0.0524 e. The van der Waals surface area contributed by atoms with Gasteiger partial charge in [-0.15, -0.1) is 0 Å². The van der Waals surface area contributed by atoms with Gasteiger partial charge in [0.15, 0.2) is 0 Å². The first kappa shape index (κ1) is 11.0. The van der Waals surface area contributed by atoms with Crippen molar-refractivity contribution in [3.05, 3.63) is 5.92 Å². The number of ether oxygens (including phenoxy) is 1. The molecule has 0 saturated heterocycles. The van der Waals surface area contributed by atoms with Gasteiger partial charge in [-0.25, -0.2) is 0 Å². The molecule has 0 atom stereocenters. The summed E-state index contributed by atoms with van der Waals surface area (Å²) < 4.78 is 5.21. The van der Waals surface area contributed by atoms with Crippen LogP contribution in [0.5, 0.6) is 0 Å². The van der Waals surface area contributed by atoms with Crippen LogP contribution in [0, 0.1) is 5.92 Å². The second-order valence-electron chi connectivity index (χ2n) is 4.16. The molecule has 1 nitrogen and oxygen atoms in total. The third-order valence-electron chi connectivity index (χ3n) is 2.91. The number of hydrogen-bond donors (Lipinski definition) is 0. The van der Waals surface area contributed by atoms with Crippen LogP contribution >= 0.6 is 0 Å². The monoisotopic (exact) mass is 183 g/mol. The highest BCUT2D eigenvalue weighted by molar-refractivity contribution is 4.89. The Morgan fingerprint density at radius 3 is 1.77 bits per heavy atom. The molecule has 0 aliphatic heterocycles. The van der Waals surface area contributed by atoms with Gasteiger partial charge in [0.25, 0.3) is 0 Å². The Morgan fingerprint density at radius 1 is 0.846 bits per heavy atom. The van der Waals surface area contributed by atoms with Crippen molar-refractivity contribution in [3.8, 4) is 0 Å². The van der Waals surface area contributed by atoms with Gasteiger partial charge in [-0.05, 0) is 12.8 Å². The lowest BCUT2D eigenvalue weighted by molar-refractivity contribution is 0.199. The molecule has 0 spiro atoms. The zero-order chi connectivity index (χ0) is 9.36. The summed E-state index contributed by atoms with van der Waals surface area (Å²) >= 11 is 0. The fraction of sp³-hybridized carbons (Fsp3) is 0.917. The van der Waals surface area contributed by atoms with Gasteiger partial charge < -0.3 is 4.74 Å². The van der Waals surface area contributed by atoms with Crippen LogP contribution < -0.4 is 0 Å². The Morgan fingerprint density at radius 2 is 1.31 bits per heavy atom. The summed E-state index contributed by atoms with van der Waals surface area (Å²) in [6.45, 7) is 0.903. The summed E-state index contributed by atoms with van der Waals surface area (Å²) in [4.78, 5) is 0. The first-order chi connectivity index (χ1) is 6.43. The molecule has 0 aromatic heterocycles. The van der Waals surface area contributed by atoms with E-state index in [2.05, 4.69) is 0 Å². The maximum absolute atomic E-state index is 5.21. The quantitative estimate of drug-likeness (QED) is 0.634. The van der Waals surface area contributed by atoms with E-state index in [0.717, 1.165) is 6.61 Å². The minimum atomic E-state index is 0.903. The third-order valence-corrected chi connectivity index (χ3v) is 2.91. The Hall–Kier alpha value is -0.0400. The Balaban J connectivity index is 2.18. The van der Waals surface area contributed by atoms with Gasteiger partial charge in [-0.2, -0.15) is 0 Å². The third kappa shape index (κ3) is 5.30. The van der Waals surface area contributed by atoms with Crippen LogP contribution in [0.25, 0.3) is 0 Å². The van der Waals surface area contributed by atoms with Crippen LogP contribution in [0.3, 0.4) is 0 Å². The molecule has 1 fully saturated rings. The fourth-order valence-electron chi connectivity index (χ4n) is 2.11. The molecule has 1 heteroatoms. The standard InChI is InChI=1S/C12H23O/c1-13-11-12-9-7-5-3-2-4-6-8-10-12/h2-11H2,1H3. The normalized spacial score (nSPS) is 22.8. The lowest BCUT2D eigenvalue weighted by atomic mass is 9.93. The summed E-state index contributed by atoms with van der Waals surface area (Å²) in [6.07, 6.45) is 12.6. The first-order valence-corrected chi connectivity index (χ1v) is 5.76. The minimum Gasteiger partial charge on any atom is -0.384 e. The topological polar surface area (TPSA) is 9.23 Å². The van der Waals surface area contributed by atoms with Crippen molar-refractivity contribution in [3.63, 3.8) is 0 Å². The van der Waals surface area contributed by atoms with Crippen molar-refractivity contribution in [2.24, 2.45) is 0 Å². The predicted molar refractivity (Wildman–Crippen MR) is 56.7 cm³/mol. The maximum atomic E-state index is 5.21. The van der Waals surface area contributed by atoms with Crippen molar-refractivity contribution in [1.82, 2.24) is 0 Å². The highest BCUT2D eigenvalue weighted by Gasteiger charge is 2.09. The number of rotatable bonds is 2. The van der Waals surface area contributed by atoms with E-state index in [4.69, 9.17) is 4.74 Å². The van der Waals surface area contributed by atoms with E-state index in [9.17, 15) is 0 Å². The van der Waals surface area contributed by atoms with Crippen LogP contribution in [0.1, 0.15) is 57.8 Å². The molecule has 1 radical (unpaired) electrons. The zero-order valence-electron chi connectivity index (χ0n) is 8.98. The fourth-order valence-corrected chi connectivity index (χ4v) is 2.11. The molecule has 1 rings (SSSR count). The van der Waals surface area contributed by atoms with Crippen molar-refractivity contribution >= 4 is 0 Å². The molecule has 0 aromatic rings. The van der Waals surface area contributed by atoms with Gasteiger partial charge in [0.2, 0.25) is 0 Å². The van der Waals surface area contributed by atoms with Gasteiger partial charge in [0, 0.05) is 13.0 Å². The van der Waals surface area contributed by atoms with Gasteiger partial charge in [0.05, 0.1) is 6.61 Å². The van der Waals surface area contributed by atoms with Crippen LogP contribution in [0.15, 0.2) is 0 Å². The van der Waals surface area contributed by atoms with E-state index in [1.807, 2.05) is 7.11 Å². The lowest BCUT2D eigenvalue weighted by Gasteiger charge is -2.16. The summed E-state index contributed by atoms with van der Waals surface area (Å²) in [6, 6.07) is 0. The zero-order valence-corrected chi connectivity index (χ0v) is 8.98. The Bertz CT molecular complexity index is 102. The van der Waals surface area contributed by atoms with Crippen LogP contribution in [-0.4, -0.2) is 13.7 Å². The molecular weight excluding hydrogens is 160 g/mol. The van der Waals surface area contributed by atoms with Gasteiger partial charge in [-0.1, -0.05) is 44.9 Å². The average Bonchev–Trinajstić information content (AvgIpc) is 2.16. The van der Waals surface area contributed by atoms with Crippen molar-refractivity contribution in [2.45, 2.75) is 57.8 Å². The second kappa shape index (κ2) is 7.37. The molecule has 13 heavy (non-hydrogen) atoms. The number of hydrogen-bond acceptors (Lipinski definition) is 1. The summed E-state index contributed by atoms with van der Waals surface area (Å²) in [7, 11) is 1.81. The summed E-state index contributed by atoms with van der Waals surface area (Å²) in [5, 5.41) is 0. The largest absolute Gasteiger partial charge is 0.384 e. The second-order valence-corrected chi connectivity index (χ2v) is 4.16. The summed E-state index contributed by atoms with van der Waals surface area (Å²) in [5.41, 5.74) is 0. The Labute approximate surface area is 82.9 Å². The van der Waals surface area contributed by atoms with Crippen molar-refractivity contribution < 1.29 is 4.74 Å². The molecule has 1 aliphatic rings. The average molecular weight is 183 g/mol. The van der Waals surface area contributed by atoms with E-state index < -0.39 is 0 Å². The van der Waals surface area contributed by atoms with Crippen LogP contribution in [0.2, 0.25) is 0 Å². The van der Waals surface area contributed by atoms with Crippen molar-refractivity contribution in [2.75, 3.05) is 13.7 Å². The van der Waals surface area contributed by atoms with Crippen LogP contribution in [-0.2, 0) is 4.74 Å². The first-order valence-electron chi connectivity index (χ1n) is 5.76. The molecule has 0 heterocycles. The molecule has 0 bridgehead atoms. The molecule has 0 N–H and O–H groups in total. The van der Waals surface area contributed by atoms with E-state index in [1.54, 1.807) is 5.92 Å². The molecule has 1 saturated carbocycles. The number of methoxy groups -OCH3 is 1. The lowest BCUT2D eigenvalue weighted by Crippen LogP contribution is -2.06. The molecular formula is C12H23O. The Kier molecular flexibility index (Phi) is 6.26. The van der Waals surface area contributed by atoms with Crippen molar-refractivity contribution in [1.29, 1.82) is 0 Å². The molecule has 0 aromatic carbocycles. The molecule has 0 unspecified atom stereocenters. The van der Waals surface area contributed by atoms with E-state index in [-0.39, 0.29) is 0 Å². The minimum absolute atomic E-state index is 0.903. The smallest absolute Gasteiger partial charge is 0.0524 e.